The van der Waals surface area contributed by atoms with Gasteiger partial charge in [0.25, 0.3) is 0 Å². The van der Waals surface area contributed by atoms with Gasteiger partial charge >= 0.3 is 0 Å². The number of hydrogen-bond acceptors (Lipinski definition) is 11. The average molecular weight is 858 g/mol. The zero-order valence-electron chi connectivity index (χ0n) is 35.4. The second-order valence-electron chi connectivity index (χ2n) is 15.8. The Morgan fingerprint density at radius 2 is 1.47 bits per heavy atom. The number of nitrogens with one attached hydrogen (secondary N) is 4. The Bertz CT molecular complexity index is 2060. The van der Waals surface area contributed by atoms with Gasteiger partial charge in [-0.3, -0.25) is 43.3 Å². The number of ketones is 1. The van der Waals surface area contributed by atoms with Crippen molar-refractivity contribution in [1.82, 2.24) is 31.2 Å². The van der Waals surface area contributed by atoms with Crippen LogP contribution in [-0.2, 0) is 55.9 Å². The van der Waals surface area contributed by atoms with Crippen molar-refractivity contribution in [2.75, 3.05) is 26.8 Å². The molecule has 62 heavy (non-hydrogen) atoms. The molecule has 0 spiro atoms. The lowest BCUT2D eigenvalue weighted by Gasteiger charge is -2.38. The number of unbranched alkanes of at least 4 members (excludes halogenated alkanes) is 2. The summed E-state index contributed by atoms with van der Waals surface area (Å²) in [6, 6.07) is 11.4. The van der Waals surface area contributed by atoms with Crippen LogP contribution in [0.1, 0.15) is 75.8 Å². The summed E-state index contributed by atoms with van der Waals surface area (Å²) in [6.45, 7) is 1.75. The van der Waals surface area contributed by atoms with E-state index in [1.165, 1.54) is 19.4 Å². The van der Waals surface area contributed by atoms with Gasteiger partial charge in [0.1, 0.15) is 29.4 Å². The summed E-state index contributed by atoms with van der Waals surface area (Å²) in [4.78, 5) is 111. The Morgan fingerprint density at radius 1 is 0.774 bits per heavy atom. The number of ether oxygens (including phenoxy) is 1. The first-order valence-corrected chi connectivity index (χ1v) is 20.9. The Balaban J connectivity index is 1.56. The van der Waals surface area contributed by atoms with Crippen molar-refractivity contribution in [2.24, 2.45) is 17.2 Å². The van der Waals surface area contributed by atoms with Gasteiger partial charge in [-0.05, 0) is 47.2 Å². The Hall–Kier alpha value is -6.27. The molecule has 4 rings (SSSR count). The van der Waals surface area contributed by atoms with Crippen LogP contribution in [0, 0.1) is 0 Å². The Kier molecular flexibility index (Phi) is 18.5. The van der Waals surface area contributed by atoms with Gasteiger partial charge in [-0.25, -0.2) is 0 Å². The van der Waals surface area contributed by atoms with Crippen molar-refractivity contribution >= 4 is 57.9 Å². The van der Waals surface area contributed by atoms with Crippen LogP contribution >= 0.6 is 0 Å². The summed E-state index contributed by atoms with van der Waals surface area (Å²) in [5, 5.41) is 12.6. The van der Waals surface area contributed by atoms with Crippen molar-refractivity contribution in [2.45, 2.75) is 107 Å². The number of likely N-dealkylation sites (N-methyl/N-ethyl adjacent to an activating group) is 1. The molecule has 1 fully saturated rings. The highest BCUT2D eigenvalue weighted by atomic mass is 16.5. The molecule has 2 heterocycles. The number of hydrogen-bond donors (Lipinski definition) is 7. The summed E-state index contributed by atoms with van der Waals surface area (Å²) in [7, 11) is 1.32. The molecule has 0 bridgehead atoms. The van der Waals surface area contributed by atoms with Gasteiger partial charge in [0.05, 0.1) is 19.0 Å². The fourth-order valence-corrected chi connectivity index (χ4v) is 7.22. The normalized spacial score (nSPS) is 15.2. The minimum atomic E-state index is -1.64. The Labute approximate surface area is 360 Å². The van der Waals surface area contributed by atoms with E-state index in [0.717, 1.165) is 34.1 Å². The van der Waals surface area contributed by atoms with Crippen molar-refractivity contribution in [3.8, 4) is 0 Å². The van der Waals surface area contributed by atoms with Gasteiger partial charge in [0, 0.05) is 64.8 Å². The Morgan fingerprint density at radius 3 is 2.13 bits per heavy atom. The van der Waals surface area contributed by atoms with E-state index in [0.29, 0.717) is 12.0 Å². The van der Waals surface area contributed by atoms with E-state index in [9.17, 15) is 38.4 Å². The first-order chi connectivity index (χ1) is 29.6. The standard InChI is InChI=1S/C44H59N9O9/c1-3-4-5-12-32(54)15-16-34(40(58)49-35(25-37(46)55)41(59)50-36(24-29-9-8-19-48-26-29)42(60)53(2)27-38(47)56)51-43(61)44(17-20-62-21-18-44)52-39(57)33(45)23-28-13-14-30-10-6-7-11-31(30)22-28/h6-11,13-14,19,22,26,33-36H,3-5,12,15-18,20-21,23-25,27,45H2,1-2H3,(H2,46,55)(H2,47,56)(H,49,58)(H,50,59)(H,51,61)(H,52,57)/t33-,34-,35-,36-/m0/s1. The highest BCUT2D eigenvalue weighted by Crippen LogP contribution is 2.23. The number of rotatable bonds is 24. The zero-order valence-corrected chi connectivity index (χ0v) is 35.4. The molecular weight excluding hydrogens is 799 g/mol. The smallest absolute Gasteiger partial charge is 0.246 e. The van der Waals surface area contributed by atoms with Crippen LogP contribution in [0.2, 0.25) is 0 Å². The largest absolute Gasteiger partial charge is 0.381 e. The second-order valence-corrected chi connectivity index (χ2v) is 15.8. The molecule has 334 valence electrons. The van der Waals surface area contributed by atoms with E-state index in [1.54, 1.807) is 12.1 Å². The maximum absolute atomic E-state index is 14.4. The number of benzene rings is 2. The van der Waals surface area contributed by atoms with Crippen LogP contribution in [0.5, 0.6) is 0 Å². The number of Topliss-reactive ketones (excluding diaryl/α,β-unsaturated/α-hetero) is 1. The van der Waals surface area contributed by atoms with Gasteiger partial charge in [-0.15, -0.1) is 0 Å². The number of pyridine rings is 1. The zero-order chi connectivity index (χ0) is 45.2. The fraction of sp³-hybridized carbons (Fsp3) is 0.477. The van der Waals surface area contributed by atoms with Crippen molar-refractivity contribution in [3.05, 3.63) is 78.1 Å². The summed E-state index contributed by atoms with van der Waals surface area (Å²) < 4.78 is 5.54. The minimum absolute atomic E-state index is 0.0425. The monoisotopic (exact) mass is 857 g/mol. The third-order valence-electron chi connectivity index (χ3n) is 10.7. The molecule has 7 amide bonds. The van der Waals surface area contributed by atoms with Crippen LogP contribution in [-0.4, -0.2) is 114 Å². The van der Waals surface area contributed by atoms with E-state index in [-0.39, 0.29) is 63.9 Å². The van der Waals surface area contributed by atoms with E-state index in [4.69, 9.17) is 21.9 Å². The number of fused-ring (bicyclic) bond motifs is 1. The van der Waals surface area contributed by atoms with Gasteiger partial charge < -0.3 is 48.1 Å². The highest BCUT2D eigenvalue weighted by Gasteiger charge is 2.44. The van der Waals surface area contributed by atoms with Gasteiger partial charge in [0.2, 0.25) is 41.4 Å². The SMILES string of the molecule is CCCCCC(=O)CC[C@H](NC(=O)C1(NC(=O)[C@@H](N)Cc2ccc3ccccc3c2)CCOCC1)C(=O)N[C@@H](CC(N)=O)C(=O)N[C@@H](Cc1cccnc1)C(=O)N(C)CC(N)=O. The number of carbonyl (C=O) groups excluding carboxylic acids is 8. The molecule has 10 N–H and O–H groups in total. The summed E-state index contributed by atoms with van der Waals surface area (Å²) in [5.41, 5.74) is 17.0. The van der Waals surface area contributed by atoms with E-state index in [2.05, 4.69) is 26.3 Å². The maximum Gasteiger partial charge on any atom is 0.246 e. The predicted molar refractivity (Wildman–Crippen MR) is 229 cm³/mol. The molecule has 1 saturated heterocycles. The van der Waals surface area contributed by atoms with Crippen LogP contribution in [0.15, 0.2) is 67.0 Å². The average Bonchev–Trinajstić information content (AvgIpc) is 3.24. The molecule has 18 heteroatoms. The third kappa shape index (κ3) is 14.7. The van der Waals surface area contributed by atoms with Crippen LogP contribution in [0.25, 0.3) is 10.8 Å². The fourth-order valence-electron chi connectivity index (χ4n) is 7.22. The van der Waals surface area contributed by atoms with E-state index >= 15 is 0 Å². The molecule has 1 aliphatic heterocycles. The van der Waals surface area contributed by atoms with Crippen LogP contribution in [0.4, 0.5) is 0 Å². The molecule has 0 aliphatic carbocycles. The second kappa shape index (κ2) is 23.7. The molecule has 4 atom stereocenters. The number of amides is 7. The van der Waals surface area contributed by atoms with Crippen molar-refractivity contribution in [1.29, 1.82) is 0 Å². The van der Waals surface area contributed by atoms with Gasteiger partial charge in [-0.1, -0.05) is 68.3 Å². The van der Waals surface area contributed by atoms with E-state index in [1.807, 2.05) is 49.4 Å². The number of carbonyl (C=O) groups is 8. The van der Waals surface area contributed by atoms with Gasteiger partial charge in [-0.2, -0.15) is 0 Å². The quantitative estimate of drug-likeness (QED) is 0.0598. The maximum atomic E-state index is 14.4. The first-order valence-electron chi connectivity index (χ1n) is 20.9. The van der Waals surface area contributed by atoms with Crippen molar-refractivity contribution < 1.29 is 43.1 Å². The molecule has 0 saturated carbocycles. The van der Waals surface area contributed by atoms with E-state index < -0.39 is 84.0 Å². The lowest BCUT2D eigenvalue weighted by molar-refractivity contribution is -0.141. The first kappa shape index (κ1) is 48.4. The molecule has 3 aromatic rings. The van der Waals surface area contributed by atoms with Crippen LogP contribution < -0.4 is 38.5 Å². The molecular formula is C44H59N9O9. The lowest BCUT2D eigenvalue weighted by atomic mass is 9.87. The molecule has 1 aliphatic rings. The summed E-state index contributed by atoms with van der Waals surface area (Å²) in [5.74, 6) is -5.85. The third-order valence-corrected chi connectivity index (χ3v) is 10.7. The number of aromatic nitrogens is 1. The topological polar surface area (TPSA) is 288 Å². The molecule has 1 aromatic heterocycles. The lowest BCUT2D eigenvalue weighted by Crippen LogP contribution is -2.66. The molecule has 18 nitrogen and oxygen atoms in total. The molecule has 0 radical (unpaired) electrons. The molecule has 0 unspecified atom stereocenters. The number of nitrogens with two attached hydrogens (primary N) is 3. The predicted octanol–water partition coefficient (Wildman–Crippen LogP) is 0.216. The minimum Gasteiger partial charge on any atom is -0.381 e. The summed E-state index contributed by atoms with van der Waals surface area (Å²) in [6.07, 6.45) is 4.79. The number of nitrogens with zero attached hydrogens (tertiary/aromatic N) is 2. The summed E-state index contributed by atoms with van der Waals surface area (Å²) >= 11 is 0. The number of primary amides is 2. The molecule has 2 aromatic carbocycles. The van der Waals surface area contributed by atoms with Gasteiger partial charge in [0.15, 0.2) is 0 Å². The van der Waals surface area contributed by atoms with Crippen LogP contribution in [0.3, 0.4) is 0 Å². The highest BCUT2D eigenvalue weighted by molar-refractivity contribution is 5.99. The van der Waals surface area contributed by atoms with Crippen molar-refractivity contribution in [3.63, 3.8) is 0 Å².